The van der Waals surface area contributed by atoms with E-state index in [1.165, 1.54) is 6.07 Å². The summed E-state index contributed by atoms with van der Waals surface area (Å²) in [7, 11) is 0. The Morgan fingerprint density at radius 3 is 2.52 bits per heavy atom. The first kappa shape index (κ1) is 22.5. The smallest absolute Gasteiger partial charge is 0.387 e. The fraction of sp³-hybridized carbons (Fsp3) is 0.391. The number of nitrogens with one attached hydrogen (secondary N) is 3. The molecule has 0 bridgehead atoms. The second-order valence-electron chi connectivity index (χ2n) is 7.83. The quantitative estimate of drug-likeness (QED) is 0.629. The van der Waals surface area contributed by atoms with Gasteiger partial charge in [-0.25, -0.2) is 4.79 Å². The average Bonchev–Trinajstić information content (AvgIpc) is 2.68. The monoisotopic (exact) mass is 431 g/mol. The zero-order chi connectivity index (χ0) is 22.5. The summed E-state index contributed by atoms with van der Waals surface area (Å²) in [5.41, 5.74) is 5.54. The maximum absolute atomic E-state index is 12.4. The zero-order valence-corrected chi connectivity index (χ0v) is 17.9. The van der Waals surface area contributed by atoms with Crippen molar-refractivity contribution in [2.24, 2.45) is 0 Å². The van der Waals surface area contributed by atoms with Crippen LogP contribution < -0.4 is 20.7 Å². The molecule has 166 valence electrons. The van der Waals surface area contributed by atoms with E-state index in [9.17, 15) is 18.4 Å². The van der Waals surface area contributed by atoms with Gasteiger partial charge in [0.05, 0.1) is 12.6 Å². The van der Waals surface area contributed by atoms with Gasteiger partial charge in [-0.15, -0.1) is 0 Å². The number of carbonyl (C=O) groups excluding carboxylic acids is 2. The highest BCUT2D eigenvalue weighted by atomic mass is 19.3. The highest BCUT2D eigenvalue weighted by Crippen LogP contribution is 2.32. The van der Waals surface area contributed by atoms with E-state index < -0.39 is 12.6 Å². The minimum absolute atomic E-state index is 0.109. The Hall–Kier alpha value is -3.16. The Morgan fingerprint density at radius 1 is 1.13 bits per heavy atom. The van der Waals surface area contributed by atoms with E-state index in [0.717, 1.165) is 52.8 Å². The molecule has 1 aliphatic rings. The number of anilines is 1. The summed E-state index contributed by atoms with van der Waals surface area (Å²) in [6.45, 7) is 2.80. The molecular formula is C23H27F2N3O3. The molecular weight excluding hydrogens is 404 g/mol. The molecule has 8 heteroatoms. The summed E-state index contributed by atoms with van der Waals surface area (Å²) in [6.07, 6.45) is 2.26. The van der Waals surface area contributed by atoms with Crippen LogP contribution >= 0.6 is 0 Å². The number of rotatable bonds is 6. The van der Waals surface area contributed by atoms with Crippen LogP contribution in [-0.4, -0.2) is 25.1 Å². The standard InChI is InChI=1S/C23H27F2N3O3/c1-13-9-14(2)21(15(3)10-13)28-20(29)12-26-23(30)27-19-6-4-5-16-11-17(31-22(24)25)7-8-18(16)19/h7-11,19,22H,4-6,12H2,1-3H3,(H,28,29)(H2,26,27,30). The molecule has 2 aromatic carbocycles. The maximum atomic E-state index is 12.4. The summed E-state index contributed by atoms with van der Waals surface area (Å²) in [5, 5.41) is 8.29. The van der Waals surface area contributed by atoms with Gasteiger partial charge in [0.2, 0.25) is 5.91 Å². The number of amides is 3. The van der Waals surface area contributed by atoms with Crippen LogP contribution in [-0.2, 0) is 11.2 Å². The molecule has 0 saturated carbocycles. The predicted octanol–water partition coefficient (Wildman–Crippen LogP) is 4.53. The molecule has 0 spiro atoms. The lowest BCUT2D eigenvalue weighted by Crippen LogP contribution is -2.42. The first-order valence-corrected chi connectivity index (χ1v) is 10.2. The lowest BCUT2D eigenvalue weighted by molar-refractivity contribution is -0.115. The normalized spacial score (nSPS) is 15.2. The third-order valence-electron chi connectivity index (χ3n) is 5.31. The van der Waals surface area contributed by atoms with Crippen molar-refractivity contribution >= 4 is 17.6 Å². The number of fused-ring (bicyclic) bond motifs is 1. The fourth-order valence-electron chi connectivity index (χ4n) is 4.05. The number of aryl methyl sites for hydroxylation is 4. The molecule has 3 amide bonds. The number of hydrogen-bond donors (Lipinski definition) is 3. The number of halogens is 2. The van der Waals surface area contributed by atoms with Gasteiger partial charge in [-0.05, 0) is 74.4 Å². The van der Waals surface area contributed by atoms with Crippen LogP contribution in [0.4, 0.5) is 19.3 Å². The number of carbonyl (C=O) groups is 2. The molecule has 1 aliphatic carbocycles. The Labute approximate surface area is 180 Å². The minimum atomic E-state index is -2.88. The lowest BCUT2D eigenvalue weighted by atomic mass is 9.87. The molecule has 0 heterocycles. The van der Waals surface area contributed by atoms with Crippen LogP contribution in [0, 0.1) is 20.8 Å². The molecule has 6 nitrogen and oxygen atoms in total. The predicted molar refractivity (Wildman–Crippen MR) is 115 cm³/mol. The molecule has 3 rings (SSSR count). The zero-order valence-electron chi connectivity index (χ0n) is 17.9. The largest absolute Gasteiger partial charge is 0.435 e. The van der Waals surface area contributed by atoms with Crippen molar-refractivity contribution in [1.82, 2.24) is 10.6 Å². The van der Waals surface area contributed by atoms with E-state index in [2.05, 4.69) is 20.7 Å². The summed E-state index contributed by atoms with van der Waals surface area (Å²) in [6, 6.07) is 8.02. The van der Waals surface area contributed by atoms with Crippen LogP contribution in [0.2, 0.25) is 0 Å². The molecule has 0 aliphatic heterocycles. The average molecular weight is 431 g/mol. The van der Waals surface area contributed by atoms with E-state index in [0.29, 0.717) is 0 Å². The summed E-state index contributed by atoms with van der Waals surface area (Å²) >= 11 is 0. The number of ether oxygens (including phenoxy) is 1. The van der Waals surface area contributed by atoms with Crippen molar-refractivity contribution in [2.75, 3.05) is 11.9 Å². The van der Waals surface area contributed by atoms with Crippen molar-refractivity contribution < 1.29 is 23.1 Å². The van der Waals surface area contributed by atoms with Crippen molar-refractivity contribution in [3.05, 3.63) is 58.1 Å². The van der Waals surface area contributed by atoms with Crippen LogP contribution in [0.1, 0.15) is 46.7 Å². The van der Waals surface area contributed by atoms with Crippen LogP contribution in [0.3, 0.4) is 0 Å². The number of hydrogen-bond acceptors (Lipinski definition) is 3. The number of benzene rings is 2. The van der Waals surface area contributed by atoms with Crippen molar-refractivity contribution in [3.8, 4) is 5.75 Å². The first-order valence-electron chi connectivity index (χ1n) is 10.2. The van der Waals surface area contributed by atoms with Gasteiger partial charge in [0.15, 0.2) is 0 Å². The van der Waals surface area contributed by atoms with Gasteiger partial charge in [-0.3, -0.25) is 4.79 Å². The summed E-state index contributed by atoms with van der Waals surface area (Å²) in [5.74, 6) is -0.208. The van der Waals surface area contributed by atoms with Gasteiger partial charge in [0.1, 0.15) is 5.75 Å². The third kappa shape index (κ3) is 5.93. The van der Waals surface area contributed by atoms with E-state index >= 15 is 0 Å². The summed E-state index contributed by atoms with van der Waals surface area (Å²) < 4.78 is 29.3. The van der Waals surface area contributed by atoms with Crippen molar-refractivity contribution in [1.29, 1.82) is 0 Å². The van der Waals surface area contributed by atoms with E-state index in [-0.39, 0.29) is 24.2 Å². The fourth-order valence-corrected chi connectivity index (χ4v) is 4.05. The third-order valence-corrected chi connectivity index (χ3v) is 5.31. The van der Waals surface area contributed by atoms with E-state index in [1.807, 2.05) is 32.9 Å². The molecule has 0 saturated heterocycles. The minimum Gasteiger partial charge on any atom is -0.435 e. The highest BCUT2D eigenvalue weighted by molar-refractivity contribution is 5.95. The summed E-state index contributed by atoms with van der Waals surface area (Å²) in [4.78, 5) is 24.6. The first-order chi connectivity index (χ1) is 14.7. The highest BCUT2D eigenvalue weighted by Gasteiger charge is 2.23. The van der Waals surface area contributed by atoms with Crippen LogP contribution in [0.15, 0.2) is 30.3 Å². The molecule has 3 N–H and O–H groups in total. The number of alkyl halides is 2. The molecule has 0 radical (unpaired) electrons. The molecule has 0 fully saturated rings. The second kappa shape index (κ2) is 9.76. The van der Waals surface area contributed by atoms with Gasteiger partial charge in [0, 0.05) is 5.69 Å². The van der Waals surface area contributed by atoms with Gasteiger partial charge in [0.25, 0.3) is 0 Å². The Morgan fingerprint density at radius 2 is 1.84 bits per heavy atom. The topological polar surface area (TPSA) is 79.5 Å². The SMILES string of the molecule is Cc1cc(C)c(NC(=O)CNC(=O)NC2CCCc3cc(OC(F)F)ccc32)c(C)c1. The molecule has 31 heavy (non-hydrogen) atoms. The molecule has 1 atom stereocenters. The van der Waals surface area contributed by atoms with Gasteiger partial charge in [-0.2, -0.15) is 8.78 Å². The molecule has 2 aromatic rings. The van der Waals surface area contributed by atoms with Gasteiger partial charge >= 0.3 is 12.6 Å². The van der Waals surface area contributed by atoms with Crippen LogP contribution in [0.25, 0.3) is 0 Å². The lowest BCUT2D eigenvalue weighted by Gasteiger charge is -2.27. The maximum Gasteiger partial charge on any atom is 0.387 e. The molecule has 0 aromatic heterocycles. The van der Waals surface area contributed by atoms with E-state index in [1.54, 1.807) is 12.1 Å². The van der Waals surface area contributed by atoms with Gasteiger partial charge < -0.3 is 20.7 Å². The Kier molecular flexibility index (Phi) is 7.09. The van der Waals surface area contributed by atoms with Gasteiger partial charge in [-0.1, -0.05) is 23.8 Å². The second-order valence-corrected chi connectivity index (χ2v) is 7.83. The Bertz CT molecular complexity index is 956. The number of urea groups is 1. The van der Waals surface area contributed by atoms with Crippen LogP contribution in [0.5, 0.6) is 5.75 Å². The van der Waals surface area contributed by atoms with Crippen molar-refractivity contribution in [2.45, 2.75) is 52.7 Å². The molecule has 1 unspecified atom stereocenters. The van der Waals surface area contributed by atoms with Crippen molar-refractivity contribution in [3.63, 3.8) is 0 Å². The Balaban J connectivity index is 1.55. The van der Waals surface area contributed by atoms with E-state index in [4.69, 9.17) is 0 Å².